The number of carbonyl (C=O) groups excluding carboxylic acids is 1. The summed E-state index contributed by atoms with van der Waals surface area (Å²) in [6, 6.07) is 11.4. The van der Waals surface area contributed by atoms with Gasteiger partial charge in [-0.05, 0) is 29.8 Å². The minimum atomic E-state index is -0.494. The minimum Gasteiger partial charge on any atom is -0.493 e. The van der Waals surface area contributed by atoms with E-state index in [1.807, 2.05) is 0 Å². The Bertz CT molecular complexity index is 1020. The fraction of sp³-hybridized carbons (Fsp3) is 0.200. The van der Waals surface area contributed by atoms with Crippen molar-refractivity contribution in [2.75, 3.05) is 21.3 Å². The van der Waals surface area contributed by atoms with Crippen LogP contribution in [0.5, 0.6) is 17.2 Å². The second-order valence-electron chi connectivity index (χ2n) is 5.69. The first-order valence-corrected chi connectivity index (χ1v) is 8.17. The molecular weight excluding hydrogens is 350 g/mol. The van der Waals surface area contributed by atoms with Gasteiger partial charge in [-0.15, -0.1) is 0 Å². The highest BCUT2D eigenvalue weighted by atomic mass is 16.5. The van der Waals surface area contributed by atoms with Crippen molar-refractivity contribution in [3.63, 3.8) is 0 Å². The second-order valence-corrected chi connectivity index (χ2v) is 5.69. The van der Waals surface area contributed by atoms with Crippen LogP contribution in [-0.2, 0) is 6.54 Å². The molecule has 1 N–H and O–H groups in total. The Kier molecular flexibility index (Phi) is 5.30. The van der Waals surface area contributed by atoms with Crippen LogP contribution in [0.4, 0.5) is 0 Å². The molecule has 3 aromatic rings. The van der Waals surface area contributed by atoms with Gasteiger partial charge >= 0.3 is 0 Å². The van der Waals surface area contributed by atoms with Crippen LogP contribution < -0.4 is 25.0 Å². The van der Waals surface area contributed by atoms with Gasteiger partial charge in [0.2, 0.25) is 5.75 Å². The summed E-state index contributed by atoms with van der Waals surface area (Å²) < 4.78 is 21.4. The first-order chi connectivity index (χ1) is 13.1. The lowest BCUT2D eigenvalue weighted by Gasteiger charge is -2.14. The van der Waals surface area contributed by atoms with E-state index in [0.717, 1.165) is 5.56 Å². The number of hydrogen-bond donors (Lipinski definition) is 1. The van der Waals surface area contributed by atoms with E-state index < -0.39 is 5.91 Å². The van der Waals surface area contributed by atoms with Crippen LogP contribution in [0.15, 0.2) is 51.7 Å². The van der Waals surface area contributed by atoms with Crippen molar-refractivity contribution in [2.24, 2.45) is 0 Å². The normalized spacial score (nSPS) is 10.5. The van der Waals surface area contributed by atoms with Crippen molar-refractivity contribution >= 4 is 16.9 Å². The van der Waals surface area contributed by atoms with Gasteiger partial charge < -0.3 is 23.9 Å². The van der Waals surface area contributed by atoms with E-state index in [-0.39, 0.29) is 17.7 Å². The summed E-state index contributed by atoms with van der Waals surface area (Å²) in [5.74, 6) is 0.894. The van der Waals surface area contributed by atoms with Gasteiger partial charge in [-0.2, -0.15) is 0 Å². The van der Waals surface area contributed by atoms with Gasteiger partial charge in [-0.25, -0.2) is 0 Å². The van der Waals surface area contributed by atoms with E-state index in [0.29, 0.717) is 28.2 Å². The smallest absolute Gasteiger partial charge is 0.287 e. The van der Waals surface area contributed by atoms with E-state index in [1.165, 1.54) is 27.4 Å². The molecule has 1 amide bonds. The molecule has 0 spiro atoms. The van der Waals surface area contributed by atoms with Crippen LogP contribution in [-0.4, -0.2) is 27.2 Å². The standard InChI is InChI=1S/C20H19NO6/c1-24-16-8-12(9-17(25-2)19(16)26-3)11-21-20(23)18-10-14(22)13-6-4-5-7-15(13)27-18/h4-10H,11H2,1-3H3,(H,21,23). The van der Waals surface area contributed by atoms with Gasteiger partial charge in [0, 0.05) is 12.6 Å². The van der Waals surface area contributed by atoms with Crippen LogP contribution >= 0.6 is 0 Å². The molecule has 0 saturated heterocycles. The molecule has 1 heterocycles. The molecule has 0 atom stereocenters. The molecule has 7 nitrogen and oxygen atoms in total. The van der Waals surface area contributed by atoms with Crippen LogP contribution in [0.2, 0.25) is 0 Å². The van der Waals surface area contributed by atoms with Crippen molar-refractivity contribution in [1.82, 2.24) is 5.32 Å². The molecule has 140 valence electrons. The molecule has 7 heteroatoms. The summed E-state index contributed by atoms with van der Waals surface area (Å²) in [6.45, 7) is 0.187. The highest BCUT2D eigenvalue weighted by Gasteiger charge is 2.15. The Morgan fingerprint density at radius 3 is 2.30 bits per heavy atom. The number of ether oxygens (including phenoxy) is 3. The van der Waals surface area contributed by atoms with Gasteiger partial charge in [-0.3, -0.25) is 9.59 Å². The van der Waals surface area contributed by atoms with E-state index >= 15 is 0 Å². The van der Waals surface area contributed by atoms with Crippen molar-refractivity contribution in [3.05, 3.63) is 64.0 Å². The SMILES string of the molecule is COc1cc(CNC(=O)c2cc(=O)c3ccccc3o2)cc(OC)c1OC. The average molecular weight is 369 g/mol. The molecule has 0 aliphatic carbocycles. The average Bonchev–Trinajstić information content (AvgIpc) is 2.70. The second kappa shape index (κ2) is 7.82. The molecule has 1 aromatic heterocycles. The Balaban J connectivity index is 1.83. The molecule has 27 heavy (non-hydrogen) atoms. The molecule has 0 bridgehead atoms. The molecule has 2 aromatic carbocycles. The fourth-order valence-electron chi connectivity index (χ4n) is 2.72. The minimum absolute atomic E-state index is 0.0499. The summed E-state index contributed by atoms with van der Waals surface area (Å²) in [5, 5.41) is 3.15. The summed E-state index contributed by atoms with van der Waals surface area (Å²) in [4.78, 5) is 24.5. The zero-order chi connectivity index (χ0) is 19.4. The van der Waals surface area contributed by atoms with Crippen LogP contribution in [0, 0.1) is 0 Å². The number of fused-ring (bicyclic) bond motifs is 1. The molecule has 0 unspecified atom stereocenters. The quantitative estimate of drug-likeness (QED) is 0.719. The monoisotopic (exact) mass is 369 g/mol. The number of hydrogen-bond acceptors (Lipinski definition) is 6. The number of para-hydroxylation sites is 1. The van der Waals surface area contributed by atoms with Crippen LogP contribution in [0.3, 0.4) is 0 Å². The van der Waals surface area contributed by atoms with Gasteiger partial charge in [0.15, 0.2) is 22.7 Å². The third-order valence-corrected chi connectivity index (χ3v) is 4.04. The third-order valence-electron chi connectivity index (χ3n) is 4.04. The number of benzene rings is 2. The number of rotatable bonds is 6. The largest absolute Gasteiger partial charge is 0.493 e. The lowest BCUT2D eigenvalue weighted by Crippen LogP contribution is -2.24. The zero-order valence-corrected chi connectivity index (χ0v) is 15.2. The Labute approximate surface area is 155 Å². The Morgan fingerprint density at radius 2 is 1.67 bits per heavy atom. The van der Waals surface area contributed by atoms with Crippen LogP contribution in [0.1, 0.15) is 16.1 Å². The summed E-state index contributed by atoms with van der Waals surface area (Å²) in [5.41, 5.74) is 0.832. The highest BCUT2D eigenvalue weighted by molar-refractivity contribution is 5.93. The van der Waals surface area contributed by atoms with E-state index in [4.69, 9.17) is 18.6 Å². The summed E-state index contributed by atoms with van der Waals surface area (Å²) in [7, 11) is 4.55. The predicted octanol–water partition coefficient (Wildman–Crippen LogP) is 2.75. The topological polar surface area (TPSA) is 87.0 Å². The first-order valence-electron chi connectivity index (χ1n) is 8.17. The van der Waals surface area contributed by atoms with E-state index in [9.17, 15) is 9.59 Å². The number of methoxy groups -OCH3 is 3. The van der Waals surface area contributed by atoms with Gasteiger partial charge in [0.05, 0.1) is 26.7 Å². The molecule has 0 radical (unpaired) electrons. The lowest BCUT2D eigenvalue weighted by molar-refractivity contribution is 0.0923. The van der Waals surface area contributed by atoms with Gasteiger partial charge in [-0.1, -0.05) is 12.1 Å². The van der Waals surface area contributed by atoms with Crippen molar-refractivity contribution in [2.45, 2.75) is 6.54 Å². The maximum absolute atomic E-state index is 12.4. The third kappa shape index (κ3) is 3.72. The molecular formula is C20H19NO6. The van der Waals surface area contributed by atoms with E-state index in [1.54, 1.807) is 36.4 Å². The zero-order valence-electron chi connectivity index (χ0n) is 15.2. The molecule has 0 fully saturated rings. The van der Waals surface area contributed by atoms with Crippen molar-refractivity contribution < 1.29 is 23.4 Å². The molecule has 3 rings (SSSR count). The predicted molar refractivity (Wildman–Crippen MR) is 99.8 cm³/mol. The maximum Gasteiger partial charge on any atom is 0.287 e. The number of nitrogens with one attached hydrogen (secondary N) is 1. The van der Waals surface area contributed by atoms with Gasteiger partial charge in [0.1, 0.15) is 5.58 Å². The van der Waals surface area contributed by atoms with Crippen molar-refractivity contribution in [1.29, 1.82) is 0 Å². The molecule has 0 aliphatic rings. The Hall–Kier alpha value is -3.48. The number of carbonyl (C=O) groups is 1. The maximum atomic E-state index is 12.4. The van der Waals surface area contributed by atoms with Gasteiger partial charge in [0.25, 0.3) is 5.91 Å². The summed E-state index contributed by atoms with van der Waals surface area (Å²) in [6.07, 6.45) is 0. The summed E-state index contributed by atoms with van der Waals surface area (Å²) >= 11 is 0. The van der Waals surface area contributed by atoms with Crippen LogP contribution in [0.25, 0.3) is 11.0 Å². The van der Waals surface area contributed by atoms with Crippen molar-refractivity contribution in [3.8, 4) is 17.2 Å². The van der Waals surface area contributed by atoms with E-state index in [2.05, 4.69) is 5.32 Å². The molecule has 0 saturated carbocycles. The number of amides is 1. The molecule has 0 aliphatic heterocycles. The highest BCUT2D eigenvalue weighted by Crippen LogP contribution is 2.38. The lowest BCUT2D eigenvalue weighted by atomic mass is 10.1. The Morgan fingerprint density at radius 1 is 1.00 bits per heavy atom. The first kappa shape index (κ1) is 18.3. The fourth-order valence-corrected chi connectivity index (χ4v) is 2.72.